The van der Waals surface area contributed by atoms with Gasteiger partial charge in [0.15, 0.2) is 23.1 Å². The molecule has 0 saturated carbocycles. The molecule has 0 unspecified atom stereocenters. The standard InChI is InChI=1S/C17H16F2O2S/c1-3-9(2)8-21-13-7-5-11-10-4-6-12(20)14(18)16(10)22-17(11)15(13)19/h4-7,9,20H,3,8H2,1-2H3/t9-/m1/s1. The van der Waals surface area contributed by atoms with Crippen LogP contribution in [-0.4, -0.2) is 11.7 Å². The quantitative estimate of drug-likeness (QED) is 0.691. The highest BCUT2D eigenvalue weighted by atomic mass is 32.1. The van der Waals surface area contributed by atoms with Crippen molar-refractivity contribution in [1.82, 2.24) is 0 Å². The fourth-order valence-corrected chi connectivity index (χ4v) is 3.44. The monoisotopic (exact) mass is 322 g/mol. The Morgan fingerprint density at radius 2 is 1.73 bits per heavy atom. The molecule has 0 bridgehead atoms. The van der Waals surface area contributed by atoms with Gasteiger partial charge in [0.2, 0.25) is 0 Å². The van der Waals surface area contributed by atoms with E-state index in [1.165, 1.54) is 6.07 Å². The van der Waals surface area contributed by atoms with E-state index in [2.05, 4.69) is 6.92 Å². The highest BCUT2D eigenvalue weighted by molar-refractivity contribution is 7.25. The Morgan fingerprint density at radius 1 is 1.09 bits per heavy atom. The van der Waals surface area contributed by atoms with E-state index >= 15 is 0 Å². The molecule has 0 aliphatic carbocycles. The molecule has 0 aliphatic rings. The predicted molar refractivity (Wildman–Crippen MR) is 85.9 cm³/mol. The first kappa shape index (κ1) is 15.0. The van der Waals surface area contributed by atoms with Crippen molar-refractivity contribution in [2.24, 2.45) is 5.92 Å². The highest BCUT2D eigenvalue weighted by Gasteiger charge is 2.17. The van der Waals surface area contributed by atoms with Crippen LogP contribution in [0.15, 0.2) is 24.3 Å². The van der Waals surface area contributed by atoms with Crippen LogP contribution < -0.4 is 4.74 Å². The van der Waals surface area contributed by atoms with Gasteiger partial charge in [0.1, 0.15) is 0 Å². The van der Waals surface area contributed by atoms with Gasteiger partial charge in [-0.15, -0.1) is 11.3 Å². The summed E-state index contributed by atoms with van der Waals surface area (Å²) in [4.78, 5) is 0. The van der Waals surface area contributed by atoms with E-state index in [1.807, 2.05) is 6.92 Å². The molecule has 1 N–H and O–H groups in total. The molecular weight excluding hydrogens is 306 g/mol. The number of thiophene rings is 1. The molecule has 0 spiro atoms. The van der Waals surface area contributed by atoms with Crippen LogP contribution in [0, 0.1) is 17.6 Å². The summed E-state index contributed by atoms with van der Waals surface area (Å²) in [6.07, 6.45) is 0.956. The van der Waals surface area contributed by atoms with Gasteiger partial charge < -0.3 is 9.84 Å². The topological polar surface area (TPSA) is 29.5 Å². The molecule has 3 rings (SSSR count). The smallest absolute Gasteiger partial charge is 0.182 e. The summed E-state index contributed by atoms with van der Waals surface area (Å²) in [6, 6.07) is 6.21. The van der Waals surface area contributed by atoms with Gasteiger partial charge in [-0.3, -0.25) is 0 Å². The lowest BCUT2D eigenvalue weighted by molar-refractivity contribution is 0.247. The third kappa shape index (κ3) is 2.39. The average molecular weight is 322 g/mol. The summed E-state index contributed by atoms with van der Waals surface area (Å²) >= 11 is 0.993. The van der Waals surface area contributed by atoms with Crippen molar-refractivity contribution in [2.75, 3.05) is 6.61 Å². The summed E-state index contributed by atoms with van der Waals surface area (Å²) in [5.41, 5.74) is 0. The van der Waals surface area contributed by atoms with E-state index < -0.39 is 17.4 Å². The molecule has 1 aromatic heterocycles. The minimum atomic E-state index is -0.708. The Morgan fingerprint density at radius 3 is 2.41 bits per heavy atom. The van der Waals surface area contributed by atoms with Crippen LogP contribution in [0.5, 0.6) is 11.5 Å². The third-order valence-corrected chi connectivity index (χ3v) is 5.06. The number of hydrogen-bond donors (Lipinski definition) is 1. The average Bonchev–Trinajstić information content (AvgIpc) is 2.90. The highest BCUT2D eigenvalue weighted by Crippen LogP contribution is 2.41. The molecule has 0 fully saturated rings. The van der Waals surface area contributed by atoms with Crippen molar-refractivity contribution in [1.29, 1.82) is 0 Å². The lowest BCUT2D eigenvalue weighted by Gasteiger charge is -2.11. The van der Waals surface area contributed by atoms with Gasteiger partial charge in [0.05, 0.1) is 16.0 Å². The van der Waals surface area contributed by atoms with Gasteiger partial charge in [0, 0.05) is 10.8 Å². The number of benzene rings is 2. The first-order valence-corrected chi connectivity index (χ1v) is 7.99. The molecule has 2 aromatic carbocycles. The van der Waals surface area contributed by atoms with Crippen molar-refractivity contribution < 1.29 is 18.6 Å². The second-order valence-electron chi connectivity index (χ2n) is 5.46. The van der Waals surface area contributed by atoms with E-state index in [4.69, 9.17) is 4.74 Å². The van der Waals surface area contributed by atoms with Crippen LogP contribution in [0.25, 0.3) is 20.2 Å². The third-order valence-electron chi connectivity index (χ3n) is 3.85. The molecule has 3 aromatic rings. The van der Waals surface area contributed by atoms with Crippen molar-refractivity contribution in [3.8, 4) is 11.5 Å². The van der Waals surface area contributed by atoms with E-state index in [9.17, 15) is 13.9 Å². The minimum Gasteiger partial charge on any atom is -0.505 e. The summed E-state index contributed by atoms with van der Waals surface area (Å²) in [7, 11) is 0. The van der Waals surface area contributed by atoms with Gasteiger partial charge in [-0.25, -0.2) is 8.78 Å². The number of aromatic hydroxyl groups is 1. The normalized spacial score (nSPS) is 12.9. The number of phenols is 1. The molecule has 116 valence electrons. The van der Waals surface area contributed by atoms with Crippen molar-refractivity contribution in [2.45, 2.75) is 20.3 Å². The van der Waals surface area contributed by atoms with Gasteiger partial charge in [-0.05, 0) is 30.2 Å². The van der Waals surface area contributed by atoms with Gasteiger partial charge in [-0.2, -0.15) is 0 Å². The Kier molecular flexibility index (Phi) is 3.91. The van der Waals surface area contributed by atoms with Crippen LogP contribution in [0.2, 0.25) is 0 Å². The number of phenolic OH excluding ortho intramolecular Hbond substituents is 1. The molecule has 0 amide bonds. The Bertz CT molecular complexity index is 842. The Balaban J connectivity index is 2.11. The number of halogens is 2. The molecule has 0 saturated heterocycles. The molecule has 2 nitrogen and oxygen atoms in total. The van der Waals surface area contributed by atoms with Crippen LogP contribution in [0.3, 0.4) is 0 Å². The first-order valence-electron chi connectivity index (χ1n) is 7.17. The fraction of sp³-hybridized carbons (Fsp3) is 0.294. The van der Waals surface area contributed by atoms with E-state index in [0.29, 0.717) is 28.0 Å². The van der Waals surface area contributed by atoms with Gasteiger partial charge in [0.25, 0.3) is 0 Å². The molecular formula is C17H16F2O2S. The van der Waals surface area contributed by atoms with Crippen molar-refractivity contribution in [3.63, 3.8) is 0 Å². The van der Waals surface area contributed by atoms with E-state index in [0.717, 1.165) is 17.8 Å². The molecule has 22 heavy (non-hydrogen) atoms. The second-order valence-corrected chi connectivity index (χ2v) is 6.48. The Labute approximate surface area is 130 Å². The van der Waals surface area contributed by atoms with Gasteiger partial charge >= 0.3 is 0 Å². The molecule has 5 heteroatoms. The maximum absolute atomic E-state index is 14.6. The fourth-order valence-electron chi connectivity index (χ4n) is 2.27. The predicted octanol–water partition coefficient (Wildman–Crippen LogP) is 5.46. The number of hydrogen-bond acceptors (Lipinski definition) is 3. The SMILES string of the molecule is CC[C@@H](C)COc1ccc2c(sc3c(F)c(O)ccc32)c1F. The molecule has 1 heterocycles. The molecule has 0 aliphatic heterocycles. The van der Waals surface area contributed by atoms with Crippen LogP contribution in [0.4, 0.5) is 8.78 Å². The second kappa shape index (κ2) is 5.72. The Hall–Kier alpha value is -1.88. The van der Waals surface area contributed by atoms with Crippen LogP contribution in [-0.2, 0) is 0 Å². The minimum absolute atomic E-state index is 0.184. The largest absolute Gasteiger partial charge is 0.505 e. The maximum Gasteiger partial charge on any atom is 0.182 e. The lowest BCUT2D eigenvalue weighted by atomic mass is 10.1. The van der Waals surface area contributed by atoms with E-state index in [1.54, 1.807) is 18.2 Å². The zero-order chi connectivity index (χ0) is 15.9. The molecule has 0 radical (unpaired) electrons. The van der Waals surface area contributed by atoms with E-state index in [-0.39, 0.29) is 10.4 Å². The maximum atomic E-state index is 14.6. The summed E-state index contributed by atoms with van der Waals surface area (Å²) in [5, 5.41) is 10.7. The summed E-state index contributed by atoms with van der Waals surface area (Å²) in [5.74, 6) is -1.08. The van der Waals surface area contributed by atoms with Crippen molar-refractivity contribution >= 4 is 31.5 Å². The van der Waals surface area contributed by atoms with Crippen molar-refractivity contribution in [3.05, 3.63) is 35.9 Å². The number of ether oxygens (including phenoxy) is 1. The number of fused-ring (bicyclic) bond motifs is 3. The molecule has 1 atom stereocenters. The summed E-state index contributed by atoms with van der Waals surface area (Å²) < 4.78 is 34.7. The summed E-state index contributed by atoms with van der Waals surface area (Å²) in [6.45, 7) is 4.53. The number of rotatable bonds is 4. The first-order chi connectivity index (χ1) is 10.5. The van der Waals surface area contributed by atoms with Gasteiger partial charge in [-0.1, -0.05) is 20.3 Å². The lowest BCUT2D eigenvalue weighted by Crippen LogP contribution is -2.08. The van der Waals surface area contributed by atoms with Crippen LogP contribution in [0.1, 0.15) is 20.3 Å². The zero-order valence-corrected chi connectivity index (χ0v) is 13.1. The van der Waals surface area contributed by atoms with Crippen LogP contribution >= 0.6 is 11.3 Å². The zero-order valence-electron chi connectivity index (χ0n) is 12.3.